The van der Waals surface area contributed by atoms with Crippen LogP contribution in [-0.4, -0.2) is 20.5 Å². The van der Waals surface area contributed by atoms with Crippen LogP contribution in [0.4, 0.5) is 0 Å². The molecule has 1 aliphatic rings. The first-order chi connectivity index (χ1) is 22.1. The molecule has 48 heavy (non-hydrogen) atoms. The van der Waals surface area contributed by atoms with Crippen molar-refractivity contribution in [2.75, 3.05) is 6.61 Å². The van der Waals surface area contributed by atoms with Crippen molar-refractivity contribution in [2.45, 2.75) is 170 Å². The summed E-state index contributed by atoms with van der Waals surface area (Å²) in [6, 6.07) is 2.34. The molecule has 0 saturated heterocycles. The molecular weight excluding hydrogens is 666 g/mol. The molecule has 0 radical (unpaired) electrons. The van der Waals surface area contributed by atoms with E-state index in [0.29, 0.717) is 0 Å². The fourth-order valence-electron chi connectivity index (χ4n) is 7.39. The molecule has 1 aliphatic heterocycles. The Morgan fingerprint density at radius 2 is 1.42 bits per heavy atom. The van der Waals surface area contributed by atoms with Gasteiger partial charge in [-0.05, 0) is 92.5 Å². The zero-order valence-corrected chi connectivity index (χ0v) is 34.5. The van der Waals surface area contributed by atoms with Crippen molar-refractivity contribution in [3.8, 4) is 11.5 Å². The lowest BCUT2D eigenvalue weighted by molar-refractivity contribution is -0.339. The quantitative estimate of drug-likeness (QED) is 0.0843. The Labute approximate surface area is 293 Å². The Morgan fingerprint density at radius 1 is 0.875 bits per heavy atom. The molecule has 9 nitrogen and oxygen atoms in total. The van der Waals surface area contributed by atoms with E-state index < -0.39 is 24.0 Å². The second kappa shape index (κ2) is 18.7. The van der Waals surface area contributed by atoms with E-state index in [-0.39, 0.29) is 29.3 Å². The average molecular weight is 732 g/mol. The van der Waals surface area contributed by atoms with Gasteiger partial charge in [0.2, 0.25) is 0 Å². The van der Waals surface area contributed by atoms with E-state index in [2.05, 4.69) is 79.6 Å². The van der Waals surface area contributed by atoms with Crippen LogP contribution in [0.15, 0.2) is 6.07 Å². The smallest absolute Gasteiger partial charge is 0.271 e. The molecular formula is C36H65O9P2Si-3. The summed E-state index contributed by atoms with van der Waals surface area (Å²) in [5.74, 6) is 4.06. The molecule has 280 valence electrons. The minimum atomic E-state index is -5.75. The van der Waals surface area contributed by atoms with Crippen molar-refractivity contribution in [1.29, 1.82) is 0 Å². The molecule has 1 aromatic rings. The molecule has 4 atom stereocenters. The lowest BCUT2D eigenvalue weighted by atomic mass is 9.85. The van der Waals surface area contributed by atoms with E-state index in [0.717, 1.165) is 71.6 Å². The molecule has 1 heterocycles. The number of phosphoric ester groups is 1. The molecule has 0 N–H and O–H groups in total. The third kappa shape index (κ3) is 13.8. The highest BCUT2D eigenvalue weighted by molar-refractivity contribution is 7.58. The number of ether oxygens (including phenoxy) is 1. The fraction of sp³-hybridized carbons (Fsp3) is 0.833. The number of phosphoric acid groups is 2. The maximum absolute atomic E-state index is 11.9. The SMILES string of the molecule is Cc1cc2c(c(C)c1O[Si](CCOP(=O)([O-])OP(=O)([O-])[O-])(C(C)C)C(C)C)CCC(C)(CCCC(C)CCCC(C)CCCC(C)C)O2. The first-order valence-corrected chi connectivity index (χ1v) is 23.5. The van der Waals surface area contributed by atoms with E-state index in [9.17, 15) is 23.8 Å². The van der Waals surface area contributed by atoms with Gasteiger partial charge in [-0.1, -0.05) is 100 Å². The zero-order valence-electron chi connectivity index (χ0n) is 31.7. The van der Waals surface area contributed by atoms with Gasteiger partial charge in [0.15, 0.2) is 0 Å². The summed E-state index contributed by atoms with van der Waals surface area (Å²) in [6.45, 7) is 23.6. The largest absolute Gasteiger partial charge is 0.790 e. The number of hydrogen-bond donors (Lipinski definition) is 0. The number of rotatable bonds is 22. The predicted octanol–water partition coefficient (Wildman–Crippen LogP) is 9.30. The molecule has 0 amide bonds. The second-order valence-corrected chi connectivity index (χ2v) is 23.6. The van der Waals surface area contributed by atoms with Gasteiger partial charge in [-0.25, -0.2) is 0 Å². The number of hydrogen-bond acceptors (Lipinski definition) is 9. The van der Waals surface area contributed by atoms with Gasteiger partial charge in [0.05, 0.1) is 14.4 Å². The Bertz CT molecular complexity index is 1240. The van der Waals surface area contributed by atoms with Crippen LogP contribution in [0, 0.1) is 31.6 Å². The highest BCUT2D eigenvalue weighted by Crippen LogP contribution is 2.51. The van der Waals surface area contributed by atoms with Crippen molar-refractivity contribution in [3.63, 3.8) is 0 Å². The van der Waals surface area contributed by atoms with Crippen LogP contribution >= 0.6 is 15.6 Å². The molecule has 2 rings (SSSR count). The van der Waals surface area contributed by atoms with E-state index in [1.807, 2.05) is 6.92 Å². The summed E-state index contributed by atoms with van der Waals surface area (Å²) >= 11 is 0. The van der Waals surface area contributed by atoms with Crippen molar-refractivity contribution in [1.82, 2.24) is 0 Å². The number of aryl methyl sites for hydroxylation is 1. The highest BCUT2D eigenvalue weighted by atomic mass is 31.3. The number of fused-ring (bicyclic) bond motifs is 1. The Kier molecular flexibility index (Phi) is 16.9. The summed E-state index contributed by atoms with van der Waals surface area (Å²) in [5.41, 5.74) is 3.08. The summed E-state index contributed by atoms with van der Waals surface area (Å²) in [5, 5.41) is 0. The van der Waals surface area contributed by atoms with Gasteiger partial charge < -0.3 is 32.9 Å². The maximum Gasteiger partial charge on any atom is 0.271 e. The average Bonchev–Trinajstić information content (AvgIpc) is 2.92. The third-order valence-electron chi connectivity index (χ3n) is 10.5. The fourth-order valence-corrected chi connectivity index (χ4v) is 13.2. The van der Waals surface area contributed by atoms with Gasteiger partial charge in [-0.3, -0.25) is 8.88 Å². The first-order valence-electron chi connectivity index (χ1n) is 18.3. The molecule has 0 spiro atoms. The summed E-state index contributed by atoms with van der Waals surface area (Å²) in [4.78, 5) is 33.6. The third-order valence-corrected chi connectivity index (χ3v) is 18.1. The minimum absolute atomic E-state index is 0.0769. The van der Waals surface area contributed by atoms with Gasteiger partial charge in [-0.2, -0.15) is 0 Å². The van der Waals surface area contributed by atoms with Crippen LogP contribution in [0.2, 0.25) is 17.1 Å². The summed E-state index contributed by atoms with van der Waals surface area (Å²) < 4.78 is 44.9. The van der Waals surface area contributed by atoms with Gasteiger partial charge >= 0.3 is 0 Å². The normalized spacial score (nSPS) is 19.7. The molecule has 1 aromatic carbocycles. The van der Waals surface area contributed by atoms with Crippen molar-refractivity contribution < 1.29 is 41.8 Å². The molecule has 0 aromatic heterocycles. The van der Waals surface area contributed by atoms with Crippen molar-refractivity contribution in [3.05, 3.63) is 22.8 Å². The van der Waals surface area contributed by atoms with Crippen LogP contribution in [0.5, 0.6) is 11.5 Å². The molecule has 12 heteroatoms. The van der Waals surface area contributed by atoms with E-state index in [1.165, 1.54) is 44.9 Å². The lowest BCUT2D eigenvalue weighted by Gasteiger charge is -2.42. The molecule has 0 aliphatic carbocycles. The Morgan fingerprint density at radius 3 is 1.94 bits per heavy atom. The minimum Gasteiger partial charge on any atom is -0.790 e. The zero-order chi connectivity index (χ0) is 36.5. The molecule has 0 saturated carbocycles. The number of benzene rings is 1. The topological polar surface area (TPSA) is 140 Å². The first kappa shape index (κ1) is 43.5. The lowest BCUT2D eigenvalue weighted by Crippen LogP contribution is -2.49. The monoisotopic (exact) mass is 731 g/mol. The highest BCUT2D eigenvalue weighted by Gasteiger charge is 2.45. The van der Waals surface area contributed by atoms with Gasteiger partial charge in [0.25, 0.3) is 16.1 Å². The van der Waals surface area contributed by atoms with Gasteiger partial charge in [-0.15, -0.1) is 0 Å². The molecule has 0 fully saturated rings. The van der Waals surface area contributed by atoms with Crippen molar-refractivity contribution in [2.24, 2.45) is 17.8 Å². The molecule has 4 unspecified atom stereocenters. The van der Waals surface area contributed by atoms with Crippen LogP contribution in [0.25, 0.3) is 0 Å². The van der Waals surface area contributed by atoms with Crippen LogP contribution in [0.3, 0.4) is 0 Å². The van der Waals surface area contributed by atoms with Crippen LogP contribution < -0.4 is 23.8 Å². The summed E-state index contributed by atoms with van der Waals surface area (Å²) in [6.07, 6.45) is 13.2. The van der Waals surface area contributed by atoms with Crippen molar-refractivity contribution >= 4 is 24.0 Å². The maximum atomic E-state index is 11.9. The Balaban J connectivity index is 2.04. The predicted molar refractivity (Wildman–Crippen MR) is 192 cm³/mol. The van der Waals surface area contributed by atoms with Crippen LogP contribution in [0.1, 0.15) is 143 Å². The standard InChI is InChI=1S/C36H68O9P2Si/c1-26(2)15-12-16-29(7)17-13-18-30(8)19-14-21-36(11)22-20-33-32(10)35(31(9)25-34(33)43-36)44-48(27(3)4,28(5)6)24-23-42-47(40,41)45-46(37,38)39/h25-30H,12-24H2,1-11H3,(H,40,41)(H2,37,38,39)/p-3. The van der Waals surface area contributed by atoms with E-state index in [1.54, 1.807) is 0 Å². The van der Waals surface area contributed by atoms with Gasteiger partial charge in [0, 0.05) is 11.6 Å². The van der Waals surface area contributed by atoms with Gasteiger partial charge in [0.1, 0.15) is 17.1 Å². The van der Waals surface area contributed by atoms with E-state index >= 15 is 0 Å². The van der Waals surface area contributed by atoms with E-state index in [4.69, 9.17) is 13.7 Å². The second-order valence-electron chi connectivity index (χ2n) is 16.0. The van der Waals surface area contributed by atoms with Crippen LogP contribution in [-0.2, 0) is 24.4 Å². The Hall–Kier alpha value is -0.703. The summed E-state index contributed by atoms with van der Waals surface area (Å²) in [7, 11) is -13.8. The molecule has 0 bridgehead atoms.